The third-order valence-electron chi connectivity index (χ3n) is 4.04. The number of carboxylic acids is 1. The van der Waals surface area contributed by atoms with Gasteiger partial charge in [-0.2, -0.15) is 0 Å². The van der Waals surface area contributed by atoms with Crippen molar-refractivity contribution in [2.75, 3.05) is 0 Å². The van der Waals surface area contributed by atoms with E-state index in [4.69, 9.17) is 10.8 Å². The molecule has 0 atom stereocenters. The van der Waals surface area contributed by atoms with Gasteiger partial charge in [0.2, 0.25) is 0 Å². The summed E-state index contributed by atoms with van der Waals surface area (Å²) in [6.45, 7) is 0. The van der Waals surface area contributed by atoms with Crippen LogP contribution >= 0.6 is 0 Å². The quantitative estimate of drug-likeness (QED) is 0.647. The molecule has 0 aliphatic heterocycles. The Morgan fingerprint density at radius 3 is 1.92 bits per heavy atom. The van der Waals surface area contributed by atoms with Crippen LogP contribution in [-0.2, 0) is 4.79 Å². The van der Waals surface area contributed by atoms with Crippen LogP contribution in [0.25, 0.3) is 0 Å². The van der Waals surface area contributed by atoms with Gasteiger partial charge in [-0.1, -0.05) is 6.42 Å². The fourth-order valence-electron chi connectivity index (χ4n) is 2.62. The zero-order valence-electron chi connectivity index (χ0n) is 7.88. The Labute approximate surface area is 78.3 Å². The van der Waals surface area contributed by atoms with Gasteiger partial charge in [0, 0.05) is 0 Å². The van der Waals surface area contributed by atoms with E-state index in [1.165, 1.54) is 19.3 Å². The van der Waals surface area contributed by atoms with Crippen LogP contribution < -0.4 is 5.73 Å². The number of rotatable bonds is 1. The SMILES string of the molecule is NC1(C(=O)O)CCC2(CCC2)CC1. The van der Waals surface area contributed by atoms with Gasteiger partial charge in [0.05, 0.1) is 0 Å². The summed E-state index contributed by atoms with van der Waals surface area (Å²) in [7, 11) is 0. The lowest BCUT2D eigenvalue weighted by atomic mass is 9.58. The van der Waals surface area contributed by atoms with E-state index in [1.54, 1.807) is 0 Å². The van der Waals surface area contributed by atoms with Crippen LogP contribution in [0.2, 0.25) is 0 Å². The van der Waals surface area contributed by atoms with E-state index in [9.17, 15) is 4.79 Å². The van der Waals surface area contributed by atoms with Gasteiger partial charge < -0.3 is 10.8 Å². The first kappa shape index (κ1) is 9.00. The molecule has 0 heterocycles. The van der Waals surface area contributed by atoms with Gasteiger partial charge in [-0.15, -0.1) is 0 Å². The van der Waals surface area contributed by atoms with Gasteiger partial charge in [0.1, 0.15) is 5.54 Å². The number of carboxylic acid groups (broad SMARTS) is 1. The van der Waals surface area contributed by atoms with Crippen molar-refractivity contribution in [1.82, 2.24) is 0 Å². The van der Waals surface area contributed by atoms with Crippen LogP contribution in [0, 0.1) is 5.41 Å². The highest BCUT2D eigenvalue weighted by molar-refractivity contribution is 5.78. The van der Waals surface area contributed by atoms with Gasteiger partial charge in [0.25, 0.3) is 0 Å². The summed E-state index contributed by atoms with van der Waals surface area (Å²) >= 11 is 0. The molecule has 0 unspecified atom stereocenters. The topological polar surface area (TPSA) is 63.3 Å². The molecule has 1 spiro atoms. The van der Waals surface area contributed by atoms with Crippen LogP contribution in [0.3, 0.4) is 0 Å². The Hall–Kier alpha value is -0.570. The summed E-state index contributed by atoms with van der Waals surface area (Å²) in [5.74, 6) is -0.818. The van der Waals surface area contributed by atoms with Crippen LogP contribution in [-0.4, -0.2) is 16.6 Å². The molecule has 2 saturated carbocycles. The monoisotopic (exact) mass is 183 g/mol. The van der Waals surface area contributed by atoms with Crippen molar-refractivity contribution in [2.45, 2.75) is 50.5 Å². The number of carbonyl (C=O) groups is 1. The largest absolute Gasteiger partial charge is 0.480 e. The molecule has 0 aromatic carbocycles. The zero-order valence-corrected chi connectivity index (χ0v) is 7.88. The third-order valence-corrected chi connectivity index (χ3v) is 4.04. The molecule has 0 bridgehead atoms. The van der Waals surface area contributed by atoms with Crippen molar-refractivity contribution in [1.29, 1.82) is 0 Å². The Morgan fingerprint density at radius 2 is 1.62 bits per heavy atom. The van der Waals surface area contributed by atoms with E-state index in [1.807, 2.05) is 0 Å². The van der Waals surface area contributed by atoms with Crippen molar-refractivity contribution in [3.8, 4) is 0 Å². The molecule has 2 aliphatic rings. The smallest absolute Gasteiger partial charge is 0.323 e. The van der Waals surface area contributed by atoms with E-state index in [0.717, 1.165) is 12.8 Å². The second-order valence-corrected chi connectivity index (χ2v) is 4.81. The Balaban J connectivity index is 1.99. The van der Waals surface area contributed by atoms with Gasteiger partial charge in [-0.25, -0.2) is 0 Å². The fraction of sp³-hybridized carbons (Fsp3) is 0.900. The highest BCUT2D eigenvalue weighted by Gasteiger charge is 2.47. The minimum absolute atomic E-state index is 0.498. The summed E-state index contributed by atoms with van der Waals surface area (Å²) < 4.78 is 0. The molecule has 2 fully saturated rings. The van der Waals surface area contributed by atoms with Crippen LogP contribution in [0.15, 0.2) is 0 Å². The summed E-state index contributed by atoms with van der Waals surface area (Å²) in [5, 5.41) is 8.93. The molecule has 2 rings (SSSR count). The first-order chi connectivity index (χ1) is 6.06. The predicted molar refractivity (Wildman–Crippen MR) is 49.3 cm³/mol. The van der Waals surface area contributed by atoms with E-state index >= 15 is 0 Å². The van der Waals surface area contributed by atoms with Crippen molar-refractivity contribution >= 4 is 5.97 Å². The molecule has 2 aliphatic carbocycles. The molecule has 3 heteroatoms. The highest BCUT2D eigenvalue weighted by atomic mass is 16.4. The lowest BCUT2D eigenvalue weighted by Gasteiger charge is -2.48. The first-order valence-electron chi connectivity index (χ1n) is 5.09. The van der Waals surface area contributed by atoms with Gasteiger partial charge >= 0.3 is 5.97 Å². The average molecular weight is 183 g/mol. The molecular formula is C10H17NO2. The van der Waals surface area contributed by atoms with Crippen LogP contribution in [0.1, 0.15) is 44.9 Å². The molecule has 3 N–H and O–H groups in total. The predicted octanol–water partition coefficient (Wildman–Crippen LogP) is 1.51. The Kier molecular flexibility index (Phi) is 1.88. The minimum Gasteiger partial charge on any atom is -0.480 e. The summed E-state index contributed by atoms with van der Waals surface area (Å²) in [6.07, 6.45) is 7.30. The third kappa shape index (κ3) is 1.35. The van der Waals surface area contributed by atoms with Crippen molar-refractivity contribution < 1.29 is 9.90 Å². The average Bonchev–Trinajstić information content (AvgIpc) is 2.03. The summed E-state index contributed by atoms with van der Waals surface area (Å²) in [6, 6.07) is 0. The maximum atomic E-state index is 10.9. The summed E-state index contributed by atoms with van der Waals surface area (Å²) in [5.41, 5.74) is 5.38. The highest BCUT2D eigenvalue weighted by Crippen LogP contribution is 2.53. The maximum absolute atomic E-state index is 10.9. The Bertz CT molecular complexity index is 223. The molecular weight excluding hydrogens is 166 g/mol. The number of hydrogen-bond acceptors (Lipinski definition) is 2. The van der Waals surface area contributed by atoms with Crippen molar-refractivity contribution in [3.63, 3.8) is 0 Å². The molecule has 74 valence electrons. The molecule has 0 radical (unpaired) electrons. The van der Waals surface area contributed by atoms with E-state index in [0.29, 0.717) is 18.3 Å². The molecule has 0 aromatic rings. The minimum atomic E-state index is -0.916. The number of nitrogens with two attached hydrogens (primary N) is 1. The molecule has 13 heavy (non-hydrogen) atoms. The number of aliphatic carboxylic acids is 1. The zero-order chi connectivity index (χ0) is 9.53. The van der Waals surface area contributed by atoms with Crippen LogP contribution in [0.5, 0.6) is 0 Å². The van der Waals surface area contributed by atoms with Gasteiger partial charge in [-0.3, -0.25) is 4.79 Å². The van der Waals surface area contributed by atoms with Gasteiger partial charge in [-0.05, 0) is 43.9 Å². The standard InChI is InChI=1S/C10H17NO2/c11-10(8(12)13)6-4-9(5-7-10)2-1-3-9/h1-7,11H2,(H,12,13). The van der Waals surface area contributed by atoms with Crippen molar-refractivity contribution in [3.05, 3.63) is 0 Å². The maximum Gasteiger partial charge on any atom is 0.323 e. The fourth-order valence-corrected chi connectivity index (χ4v) is 2.62. The molecule has 0 aromatic heterocycles. The molecule has 0 amide bonds. The number of hydrogen-bond donors (Lipinski definition) is 2. The normalized spacial score (nSPS) is 29.6. The lowest BCUT2D eigenvalue weighted by molar-refractivity contribution is -0.146. The Morgan fingerprint density at radius 1 is 1.08 bits per heavy atom. The first-order valence-corrected chi connectivity index (χ1v) is 5.09. The van der Waals surface area contributed by atoms with E-state index in [-0.39, 0.29) is 0 Å². The molecule has 0 saturated heterocycles. The lowest BCUT2D eigenvalue weighted by Crippen LogP contribution is -2.53. The van der Waals surface area contributed by atoms with E-state index in [2.05, 4.69) is 0 Å². The summed E-state index contributed by atoms with van der Waals surface area (Å²) in [4.78, 5) is 10.9. The molecule has 3 nitrogen and oxygen atoms in total. The second-order valence-electron chi connectivity index (χ2n) is 4.81. The second kappa shape index (κ2) is 2.71. The van der Waals surface area contributed by atoms with Crippen LogP contribution in [0.4, 0.5) is 0 Å². The van der Waals surface area contributed by atoms with Gasteiger partial charge in [0.15, 0.2) is 0 Å². The van der Waals surface area contributed by atoms with E-state index < -0.39 is 11.5 Å². The van der Waals surface area contributed by atoms with Crippen molar-refractivity contribution in [2.24, 2.45) is 11.1 Å².